The van der Waals surface area contributed by atoms with Gasteiger partial charge in [-0.05, 0) is 60.1 Å². The van der Waals surface area contributed by atoms with Gasteiger partial charge in [0.25, 0.3) is 0 Å². The molecule has 1 N–H and O–H groups in total. The van der Waals surface area contributed by atoms with Crippen LogP contribution in [0.5, 0.6) is 5.75 Å². The van der Waals surface area contributed by atoms with Crippen LogP contribution in [-0.2, 0) is 26.1 Å². The predicted molar refractivity (Wildman–Crippen MR) is 140 cm³/mol. The first-order valence-corrected chi connectivity index (χ1v) is 14.6. The van der Waals surface area contributed by atoms with Crippen LogP contribution in [0.1, 0.15) is 75.8 Å². The molecule has 0 saturated heterocycles. The Kier molecular flexibility index (Phi) is 12.8. The Hall–Kier alpha value is -1.66. The second kappa shape index (κ2) is 15.3. The van der Waals surface area contributed by atoms with E-state index in [0.29, 0.717) is 5.75 Å². The van der Waals surface area contributed by atoms with Crippen molar-refractivity contribution in [1.29, 1.82) is 0 Å². The summed E-state index contributed by atoms with van der Waals surface area (Å²) in [5.74, 6) is 0.300. The van der Waals surface area contributed by atoms with E-state index in [0.717, 1.165) is 30.9 Å². The summed E-state index contributed by atoms with van der Waals surface area (Å²) in [7, 11) is 2.36. The molecule has 0 amide bonds. The van der Waals surface area contributed by atoms with Gasteiger partial charge in [0.15, 0.2) is 0 Å². The highest BCUT2D eigenvalue weighted by molar-refractivity contribution is 6.60. The standard InChI is InChI=1S/C28H44O4Si/c1-5-6-7-8-9-10-11-12-14-24-16-18-25(19-17-24)28-21-20-27(29)23-26(28)15-13-22-33(30-2,31-3)32-4/h16-21,23,29H,5-15,22H2,1-4H3. The molecule has 2 rings (SSSR count). The molecule has 5 heteroatoms. The minimum absolute atomic E-state index is 0.300. The Bertz CT molecular complexity index is 779. The molecule has 33 heavy (non-hydrogen) atoms. The monoisotopic (exact) mass is 472 g/mol. The van der Waals surface area contributed by atoms with Crippen LogP contribution in [0.3, 0.4) is 0 Å². The van der Waals surface area contributed by atoms with Crippen LogP contribution in [0.25, 0.3) is 11.1 Å². The number of aromatic hydroxyl groups is 1. The first kappa shape index (κ1) is 27.6. The highest BCUT2D eigenvalue weighted by Gasteiger charge is 2.36. The lowest BCUT2D eigenvalue weighted by Crippen LogP contribution is -2.42. The van der Waals surface area contributed by atoms with Crippen LogP contribution in [0.15, 0.2) is 42.5 Å². The lowest BCUT2D eigenvalue weighted by atomic mass is 9.95. The molecule has 184 valence electrons. The third-order valence-electron chi connectivity index (χ3n) is 6.53. The maximum absolute atomic E-state index is 10.1. The fraction of sp³-hybridized carbons (Fsp3) is 0.571. The van der Waals surface area contributed by atoms with E-state index in [4.69, 9.17) is 13.3 Å². The Morgan fingerprint density at radius 1 is 0.697 bits per heavy atom. The summed E-state index contributed by atoms with van der Waals surface area (Å²) in [6.07, 6.45) is 13.7. The molecule has 0 bridgehead atoms. The quantitative estimate of drug-likeness (QED) is 0.191. The number of unbranched alkanes of at least 4 members (excludes halogenated alkanes) is 7. The van der Waals surface area contributed by atoms with Gasteiger partial charge in [-0.2, -0.15) is 0 Å². The molecule has 0 fully saturated rings. The van der Waals surface area contributed by atoms with Crippen molar-refractivity contribution < 1.29 is 18.4 Å². The highest BCUT2D eigenvalue weighted by Crippen LogP contribution is 2.30. The van der Waals surface area contributed by atoms with Crippen molar-refractivity contribution in [3.8, 4) is 16.9 Å². The second-order valence-corrected chi connectivity index (χ2v) is 12.0. The van der Waals surface area contributed by atoms with Crippen molar-refractivity contribution in [2.24, 2.45) is 0 Å². The Labute approximate surface area is 202 Å². The van der Waals surface area contributed by atoms with Gasteiger partial charge in [-0.1, -0.05) is 82.2 Å². The third-order valence-corrected chi connectivity index (χ3v) is 9.37. The molecule has 0 atom stereocenters. The maximum atomic E-state index is 10.1. The number of benzene rings is 2. The number of hydrogen-bond donors (Lipinski definition) is 1. The Morgan fingerprint density at radius 2 is 1.30 bits per heavy atom. The van der Waals surface area contributed by atoms with Crippen molar-refractivity contribution in [3.63, 3.8) is 0 Å². The third kappa shape index (κ3) is 9.24. The lowest BCUT2D eigenvalue weighted by molar-refractivity contribution is 0.123. The van der Waals surface area contributed by atoms with Gasteiger partial charge in [-0.15, -0.1) is 0 Å². The Morgan fingerprint density at radius 3 is 1.91 bits per heavy atom. The van der Waals surface area contributed by atoms with Gasteiger partial charge in [0.1, 0.15) is 5.75 Å². The van der Waals surface area contributed by atoms with E-state index in [1.807, 2.05) is 12.1 Å². The number of aryl methyl sites for hydroxylation is 2. The smallest absolute Gasteiger partial charge is 0.500 e. The molecule has 0 radical (unpaired) electrons. The SMILES string of the molecule is CCCCCCCCCCc1ccc(-c2ccc(O)cc2CCC[Si](OC)(OC)OC)cc1. The number of phenols is 1. The average molecular weight is 473 g/mol. The van der Waals surface area contributed by atoms with Crippen LogP contribution in [-0.4, -0.2) is 35.2 Å². The molecular formula is C28H44O4Si. The zero-order valence-corrected chi connectivity index (χ0v) is 22.2. The van der Waals surface area contributed by atoms with Crippen molar-refractivity contribution in [3.05, 3.63) is 53.6 Å². The van der Waals surface area contributed by atoms with Crippen LogP contribution in [0, 0.1) is 0 Å². The zero-order chi connectivity index (χ0) is 23.9. The van der Waals surface area contributed by atoms with Crippen molar-refractivity contribution in [1.82, 2.24) is 0 Å². The molecule has 2 aromatic rings. The first-order chi connectivity index (χ1) is 16.1. The van der Waals surface area contributed by atoms with Gasteiger partial charge in [0.2, 0.25) is 0 Å². The van der Waals surface area contributed by atoms with E-state index in [2.05, 4.69) is 31.2 Å². The van der Waals surface area contributed by atoms with Gasteiger partial charge in [-0.25, -0.2) is 0 Å². The van der Waals surface area contributed by atoms with Gasteiger partial charge in [0, 0.05) is 27.4 Å². The molecule has 0 aromatic heterocycles. The minimum atomic E-state index is -2.58. The molecule has 0 aliphatic rings. The van der Waals surface area contributed by atoms with Gasteiger partial charge in [-0.3, -0.25) is 0 Å². The molecule has 0 heterocycles. The summed E-state index contributed by atoms with van der Waals surface area (Å²) < 4.78 is 16.6. The van der Waals surface area contributed by atoms with Crippen molar-refractivity contribution in [2.45, 2.75) is 83.6 Å². The van der Waals surface area contributed by atoms with Crippen LogP contribution < -0.4 is 0 Å². The summed E-state index contributed by atoms with van der Waals surface area (Å²) in [5.41, 5.74) is 4.91. The largest absolute Gasteiger partial charge is 0.508 e. The normalized spacial score (nSPS) is 11.8. The summed E-state index contributed by atoms with van der Waals surface area (Å²) in [6.45, 7) is 2.27. The van der Waals surface area contributed by atoms with Gasteiger partial charge < -0.3 is 18.4 Å². The molecule has 0 aliphatic carbocycles. The van der Waals surface area contributed by atoms with E-state index in [1.54, 1.807) is 27.4 Å². The van der Waals surface area contributed by atoms with Crippen LogP contribution in [0.2, 0.25) is 6.04 Å². The summed E-state index contributed by atoms with van der Waals surface area (Å²) in [5, 5.41) is 10.1. The number of hydrogen-bond acceptors (Lipinski definition) is 4. The van der Waals surface area contributed by atoms with Crippen molar-refractivity contribution in [2.75, 3.05) is 21.3 Å². The van der Waals surface area contributed by atoms with Crippen LogP contribution in [0.4, 0.5) is 0 Å². The van der Waals surface area contributed by atoms with Gasteiger partial charge in [0.05, 0.1) is 0 Å². The fourth-order valence-electron chi connectivity index (χ4n) is 4.43. The molecule has 0 saturated carbocycles. The predicted octanol–water partition coefficient (Wildman–Crippen LogP) is 7.55. The molecule has 0 unspecified atom stereocenters. The maximum Gasteiger partial charge on any atom is 0.500 e. The average Bonchev–Trinajstić information content (AvgIpc) is 2.84. The molecule has 0 aliphatic heterocycles. The lowest BCUT2D eigenvalue weighted by Gasteiger charge is -2.24. The molecule has 2 aromatic carbocycles. The number of rotatable bonds is 17. The van der Waals surface area contributed by atoms with Crippen molar-refractivity contribution >= 4 is 8.80 Å². The summed E-state index contributed by atoms with van der Waals surface area (Å²) in [6, 6.07) is 15.3. The van der Waals surface area contributed by atoms with E-state index in [1.165, 1.54) is 68.1 Å². The zero-order valence-electron chi connectivity index (χ0n) is 21.2. The molecular weight excluding hydrogens is 428 g/mol. The fourth-order valence-corrected chi connectivity index (χ4v) is 6.16. The number of phenolic OH excluding ortho intramolecular Hbond substituents is 1. The molecule has 0 spiro atoms. The summed E-state index contributed by atoms with van der Waals surface area (Å²) in [4.78, 5) is 0. The molecule has 4 nitrogen and oxygen atoms in total. The van der Waals surface area contributed by atoms with E-state index >= 15 is 0 Å². The van der Waals surface area contributed by atoms with Crippen LogP contribution >= 0.6 is 0 Å². The Balaban J connectivity index is 1.90. The van der Waals surface area contributed by atoms with E-state index in [-0.39, 0.29) is 0 Å². The topological polar surface area (TPSA) is 47.9 Å². The van der Waals surface area contributed by atoms with E-state index < -0.39 is 8.80 Å². The minimum Gasteiger partial charge on any atom is -0.508 e. The van der Waals surface area contributed by atoms with Gasteiger partial charge >= 0.3 is 8.80 Å². The second-order valence-electron chi connectivity index (χ2n) is 8.91. The van der Waals surface area contributed by atoms with E-state index in [9.17, 15) is 5.11 Å². The summed E-state index contributed by atoms with van der Waals surface area (Å²) >= 11 is 0. The highest BCUT2D eigenvalue weighted by atomic mass is 28.4. The first-order valence-electron chi connectivity index (χ1n) is 12.6.